The van der Waals surface area contributed by atoms with E-state index >= 15 is 0 Å². The van der Waals surface area contributed by atoms with E-state index in [1.54, 1.807) is 0 Å². The lowest BCUT2D eigenvalue weighted by atomic mass is 10.1. The quantitative estimate of drug-likeness (QED) is 0.459. The van der Waals surface area contributed by atoms with E-state index in [1.165, 1.54) is 0 Å². The highest BCUT2D eigenvalue weighted by Gasteiger charge is 1.94. The number of nitrogens with two attached hydrogens (primary N) is 1. The molecule has 0 atom stereocenters. The topological polar surface area (TPSA) is 62.9 Å². The summed E-state index contributed by atoms with van der Waals surface area (Å²) in [4.78, 5) is 0. The summed E-state index contributed by atoms with van der Waals surface area (Å²) in [7, 11) is 0. The van der Waals surface area contributed by atoms with Crippen molar-refractivity contribution in [3.63, 3.8) is 0 Å². The summed E-state index contributed by atoms with van der Waals surface area (Å²) in [5.74, 6) is 0.696. The molecule has 0 aromatic carbocycles. The zero-order valence-corrected chi connectivity index (χ0v) is 12.6. The van der Waals surface area contributed by atoms with Crippen molar-refractivity contribution in [2.24, 2.45) is 11.7 Å². The van der Waals surface area contributed by atoms with E-state index in [2.05, 4.69) is 13.8 Å². The Morgan fingerprint density at radius 3 is 1.53 bits per heavy atom. The molecule has 0 spiro atoms. The van der Waals surface area contributed by atoms with Gasteiger partial charge in [-0.05, 0) is 25.3 Å². The highest BCUT2D eigenvalue weighted by atomic mass is 16.6. The first kappa shape index (κ1) is 18.8. The molecule has 19 heavy (non-hydrogen) atoms. The van der Waals surface area contributed by atoms with Gasteiger partial charge in [0, 0.05) is 13.2 Å². The minimum Gasteiger partial charge on any atom is -0.379 e. The van der Waals surface area contributed by atoms with Crippen LogP contribution in [-0.2, 0) is 18.9 Å². The van der Waals surface area contributed by atoms with Crippen LogP contribution in [0, 0.1) is 5.92 Å². The van der Waals surface area contributed by atoms with Crippen LogP contribution in [-0.4, -0.2) is 59.4 Å². The van der Waals surface area contributed by atoms with Crippen LogP contribution in [0.4, 0.5) is 0 Å². The van der Waals surface area contributed by atoms with Crippen molar-refractivity contribution in [2.75, 3.05) is 59.4 Å². The van der Waals surface area contributed by atoms with E-state index in [-0.39, 0.29) is 0 Å². The molecule has 2 N–H and O–H groups in total. The van der Waals surface area contributed by atoms with Crippen molar-refractivity contribution in [1.82, 2.24) is 0 Å². The highest BCUT2D eigenvalue weighted by molar-refractivity contribution is 4.42. The predicted octanol–water partition coefficient (Wildman–Crippen LogP) is 1.45. The van der Waals surface area contributed by atoms with Gasteiger partial charge in [-0.15, -0.1) is 0 Å². The van der Waals surface area contributed by atoms with Crippen molar-refractivity contribution in [3.8, 4) is 0 Å². The molecule has 0 unspecified atom stereocenters. The van der Waals surface area contributed by atoms with Gasteiger partial charge in [-0.1, -0.05) is 13.8 Å². The maximum atomic E-state index is 5.43. The lowest BCUT2D eigenvalue weighted by molar-refractivity contribution is -0.00277. The van der Waals surface area contributed by atoms with Gasteiger partial charge in [-0.2, -0.15) is 0 Å². The molecule has 0 saturated carbocycles. The minimum atomic E-state index is 0.603. The smallest absolute Gasteiger partial charge is 0.0701 e. The fourth-order valence-corrected chi connectivity index (χ4v) is 1.27. The van der Waals surface area contributed by atoms with Crippen LogP contribution in [0.3, 0.4) is 0 Å². The maximum absolute atomic E-state index is 5.43. The first-order chi connectivity index (χ1) is 9.27. The molecule has 0 aliphatic rings. The van der Waals surface area contributed by atoms with Gasteiger partial charge in [0.1, 0.15) is 0 Å². The molecule has 0 aromatic rings. The molecule has 0 saturated heterocycles. The molecule has 0 bridgehead atoms. The fraction of sp³-hybridized carbons (Fsp3) is 1.00. The zero-order chi connectivity index (χ0) is 14.2. The second-order valence-electron chi connectivity index (χ2n) is 4.77. The number of hydrogen-bond acceptors (Lipinski definition) is 5. The van der Waals surface area contributed by atoms with Gasteiger partial charge < -0.3 is 24.7 Å². The van der Waals surface area contributed by atoms with E-state index in [1.807, 2.05) is 0 Å². The molecule has 0 aromatic heterocycles. The Morgan fingerprint density at radius 1 is 0.684 bits per heavy atom. The van der Waals surface area contributed by atoms with Gasteiger partial charge in [0.25, 0.3) is 0 Å². The largest absolute Gasteiger partial charge is 0.379 e. The molecule has 0 rings (SSSR count). The molecule has 5 nitrogen and oxygen atoms in total. The Balaban J connectivity index is 2.91. The standard InChI is InChI=1S/C14H31NO4/c1-14(2)4-7-17-9-11-19-13-12-18-10-8-16-6-3-5-15/h14H,3-13,15H2,1-2H3. The number of ether oxygens (including phenoxy) is 4. The summed E-state index contributed by atoms with van der Waals surface area (Å²) in [6.45, 7) is 10.3. The minimum absolute atomic E-state index is 0.603. The number of hydrogen-bond donors (Lipinski definition) is 1. The third-order valence-electron chi connectivity index (χ3n) is 2.45. The van der Waals surface area contributed by atoms with Crippen LogP contribution in [0.15, 0.2) is 0 Å². The van der Waals surface area contributed by atoms with E-state index in [9.17, 15) is 0 Å². The first-order valence-corrected chi connectivity index (χ1v) is 7.28. The third kappa shape index (κ3) is 17.8. The predicted molar refractivity (Wildman–Crippen MR) is 76.4 cm³/mol. The monoisotopic (exact) mass is 277 g/mol. The molecular weight excluding hydrogens is 246 g/mol. The Kier molecular flexibility index (Phi) is 15.7. The Bertz CT molecular complexity index is 168. The van der Waals surface area contributed by atoms with Gasteiger partial charge in [-0.25, -0.2) is 0 Å². The average molecular weight is 277 g/mol. The van der Waals surface area contributed by atoms with Crippen LogP contribution in [0.2, 0.25) is 0 Å². The van der Waals surface area contributed by atoms with Gasteiger partial charge in [0.15, 0.2) is 0 Å². The van der Waals surface area contributed by atoms with Crippen molar-refractivity contribution in [1.29, 1.82) is 0 Å². The third-order valence-corrected chi connectivity index (χ3v) is 2.45. The second-order valence-corrected chi connectivity index (χ2v) is 4.77. The summed E-state index contributed by atoms with van der Waals surface area (Å²) in [6.07, 6.45) is 2.01. The van der Waals surface area contributed by atoms with Crippen molar-refractivity contribution in [3.05, 3.63) is 0 Å². The van der Waals surface area contributed by atoms with E-state index in [0.717, 1.165) is 19.4 Å². The van der Waals surface area contributed by atoms with Gasteiger partial charge in [0.05, 0.1) is 39.6 Å². The van der Waals surface area contributed by atoms with E-state index in [0.29, 0.717) is 58.7 Å². The summed E-state index contributed by atoms with van der Waals surface area (Å²) >= 11 is 0. The lowest BCUT2D eigenvalue weighted by Crippen LogP contribution is -2.13. The second kappa shape index (κ2) is 15.9. The summed E-state index contributed by atoms with van der Waals surface area (Å²) < 4.78 is 21.5. The normalized spacial score (nSPS) is 11.4. The maximum Gasteiger partial charge on any atom is 0.0701 e. The van der Waals surface area contributed by atoms with Gasteiger partial charge in [0.2, 0.25) is 0 Å². The molecule has 0 heterocycles. The Labute approximate surface area is 117 Å². The van der Waals surface area contributed by atoms with Gasteiger partial charge in [-0.3, -0.25) is 0 Å². The SMILES string of the molecule is CC(C)CCOCCOCCOCCOCCCN. The van der Waals surface area contributed by atoms with E-state index in [4.69, 9.17) is 24.7 Å². The Hall–Kier alpha value is -0.200. The lowest BCUT2D eigenvalue weighted by Gasteiger charge is -2.08. The van der Waals surface area contributed by atoms with Crippen molar-refractivity contribution < 1.29 is 18.9 Å². The van der Waals surface area contributed by atoms with Gasteiger partial charge >= 0.3 is 0 Å². The molecule has 0 aliphatic heterocycles. The van der Waals surface area contributed by atoms with Crippen LogP contribution >= 0.6 is 0 Å². The molecular formula is C14H31NO4. The summed E-state index contributed by atoms with van der Waals surface area (Å²) in [5, 5.41) is 0. The van der Waals surface area contributed by atoms with E-state index < -0.39 is 0 Å². The summed E-state index contributed by atoms with van der Waals surface area (Å²) in [6, 6.07) is 0. The first-order valence-electron chi connectivity index (χ1n) is 7.28. The Morgan fingerprint density at radius 2 is 1.11 bits per heavy atom. The molecule has 5 heteroatoms. The fourth-order valence-electron chi connectivity index (χ4n) is 1.27. The number of rotatable bonds is 15. The zero-order valence-electron chi connectivity index (χ0n) is 12.6. The van der Waals surface area contributed by atoms with Crippen LogP contribution in [0.5, 0.6) is 0 Å². The highest BCUT2D eigenvalue weighted by Crippen LogP contribution is 1.98. The molecule has 0 aliphatic carbocycles. The van der Waals surface area contributed by atoms with Crippen LogP contribution in [0.1, 0.15) is 26.7 Å². The molecule has 0 amide bonds. The molecule has 0 fully saturated rings. The van der Waals surface area contributed by atoms with Crippen molar-refractivity contribution in [2.45, 2.75) is 26.7 Å². The average Bonchev–Trinajstić information content (AvgIpc) is 2.39. The molecule has 116 valence electrons. The summed E-state index contributed by atoms with van der Waals surface area (Å²) in [5.41, 5.74) is 5.34. The van der Waals surface area contributed by atoms with Crippen LogP contribution in [0.25, 0.3) is 0 Å². The molecule has 0 radical (unpaired) electrons. The van der Waals surface area contributed by atoms with Crippen LogP contribution < -0.4 is 5.73 Å². The van der Waals surface area contributed by atoms with Crippen molar-refractivity contribution >= 4 is 0 Å².